The molecular weight excluding hydrogens is 238 g/mol. The fourth-order valence-electron chi connectivity index (χ4n) is 2.50. The SMILES string of the molecule is COc1ncc(Cl)c(N2CC(C)CC(C)C2)n1. The fraction of sp³-hybridized carbons (Fsp3) is 0.667. The summed E-state index contributed by atoms with van der Waals surface area (Å²) >= 11 is 6.16. The van der Waals surface area contributed by atoms with Crippen molar-refractivity contribution in [3.8, 4) is 6.01 Å². The Hall–Kier alpha value is -1.03. The third-order valence-electron chi connectivity index (χ3n) is 3.05. The fourth-order valence-corrected chi connectivity index (χ4v) is 2.71. The molecule has 0 spiro atoms. The molecule has 0 amide bonds. The van der Waals surface area contributed by atoms with Gasteiger partial charge in [-0.3, -0.25) is 0 Å². The normalized spacial score (nSPS) is 24.8. The van der Waals surface area contributed by atoms with Crippen LogP contribution in [-0.2, 0) is 0 Å². The first-order valence-electron chi connectivity index (χ1n) is 5.91. The van der Waals surface area contributed by atoms with Crippen LogP contribution in [0.5, 0.6) is 6.01 Å². The third-order valence-corrected chi connectivity index (χ3v) is 3.32. The lowest BCUT2D eigenvalue weighted by atomic mass is 9.92. The molecule has 4 nitrogen and oxygen atoms in total. The number of ether oxygens (including phenoxy) is 1. The van der Waals surface area contributed by atoms with Crippen molar-refractivity contribution in [1.82, 2.24) is 9.97 Å². The van der Waals surface area contributed by atoms with E-state index in [4.69, 9.17) is 16.3 Å². The number of aromatic nitrogens is 2. The molecule has 0 saturated carbocycles. The zero-order chi connectivity index (χ0) is 12.4. The Kier molecular flexibility index (Phi) is 3.72. The summed E-state index contributed by atoms with van der Waals surface area (Å²) in [5, 5.41) is 0.590. The summed E-state index contributed by atoms with van der Waals surface area (Å²) in [5.41, 5.74) is 0. The molecule has 0 bridgehead atoms. The van der Waals surface area contributed by atoms with Crippen LogP contribution in [-0.4, -0.2) is 30.2 Å². The standard InChI is InChI=1S/C12H18ClN3O/c1-8-4-9(2)7-16(6-8)11-10(13)5-14-12(15-11)17-3/h5,8-9H,4,6-7H2,1-3H3. The summed E-state index contributed by atoms with van der Waals surface area (Å²) < 4.78 is 5.05. The lowest BCUT2D eigenvalue weighted by Crippen LogP contribution is -2.39. The molecule has 17 heavy (non-hydrogen) atoms. The van der Waals surface area contributed by atoms with E-state index in [1.807, 2.05) is 0 Å². The van der Waals surface area contributed by atoms with Crippen LogP contribution in [0.25, 0.3) is 0 Å². The number of methoxy groups -OCH3 is 1. The van der Waals surface area contributed by atoms with Crippen LogP contribution in [0.15, 0.2) is 6.20 Å². The molecule has 0 aromatic carbocycles. The smallest absolute Gasteiger partial charge is 0.318 e. The lowest BCUT2D eigenvalue weighted by molar-refractivity contribution is 0.350. The second-order valence-electron chi connectivity index (χ2n) is 4.88. The van der Waals surface area contributed by atoms with E-state index in [2.05, 4.69) is 28.7 Å². The number of hydrogen-bond acceptors (Lipinski definition) is 4. The Labute approximate surface area is 107 Å². The summed E-state index contributed by atoms with van der Waals surface area (Å²) in [5.74, 6) is 2.11. The van der Waals surface area contributed by atoms with Gasteiger partial charge in [0.05, 0.1) is 13.3 Å². The zero-order valence-electron chi connectivity index (χ0n) is 10.5. The van der Waals surface area contributed by atoms with E-state index in [9.17, 15) is 0 Å². The van der Waals surface area contributed by atoms with Crippen LogP contribution < -0.4 is 9.64 Å². The number of nitrogens with zero attached hydrogens (tertiary/aromatic N) is 3. The van der Waals surface area contributed by atoms with Gasteiger partial charge in [0, 0.05) is 13.1 Å². The van der Waals surface area contributed by atoms with Crippen molar-refractivity contribution in [1.29, 1.82) is 0 Å². The molecular formula is C12H18ClN3O. The van der Waals surface area contributed by atoms with E-state index in [0.717, 1.165) is 18.9 Å². The minimum Gasteiger partial charge on any atom is -0.467 e. The maximum atomic E-state index is 6.16. The van der Waals surface area contributed by atoms with E-state index >= 15 is 0 Å². The van der Waals surface area contributed by atoms with Gasteiger partial charge in [0.2, 0.25) is 0 Å². The van der Waals surface area contributed by atoms with Crippen molar-refractivity contribution in [2.24, 2.45) is 11.8 Å². The van der Waals surface area contributed by atoms with E-state index in [0.29, 0.717) is 22.9 Å². The van der Waals surface area contributed by atoms with Crippen LogP contribution >= 0.6 is 11.6 Å². The molecule has 1 aromatic heterocycles. The van der Waals surface area contributed by atoms with Gasteiger partial charge in [-0.1, -0.05) is 25.4 Å². The topological polar surface area (TPSA) is 38.2 Å². The molecule has 1 fully saturated rings. The van der Waals surface area contributed by atoms with E-state index in [1.54, 1.807) is 13.3 Å². The quantitative estimate of drug-likeness (QED) is 0.814. The summed E-state index contributed by atoms with van der Waals surface area (Å²) in [6.07, 6.45) is 2.86. The van der Waals surface area contributed by atoms with Crippen molar-refractivity contribution >= 4 is 17.4 Å². The van der Waals surface area contributed by atoms with Crippen LogP contribution in [0, 0.1) is 11.8 Å². The van der Waals surface area contributed by atoms with Gasteiger partial charge in [0.1, 0.15) is 5.02 Å². The molecule has 1 aliphatic heterocycles. The molecule has 94 valence electrons. The average molecular weight is 256 g/mol. The molecule has 1 aromatic rings. The average Bonchev–Trinajstić information content (AvgIpc) is 2.28. The minimum atomic E-state index is 0.371. The van der Waals surface area contributed by atoms with Gasteiger partial charge in [-0.05, 0) is 18.3 Å². The molecule has 2 atom stereocenters. The summed E-state index contributed by atoms with van der Waals surface area (Å²) in [4.78, 5) is 10.6. The van der Waals surface area contributed by atoms with Crippen molar-refractivity contribution in [3.05, 3.63) is 11.2 Å². The van der Waals surface area contributed by atoms with E-state index in [1.165, 1.54) is 6.42 Å². The van der Waals surface area contributed by atoms with Crippen LogP contribution in [0.3, 0.4) is 0 Å². The van der Waals surface area contributed by atoms with Gasteiger partial charge in [-0.15, -0.1) is 0 Å². The van der Waals surface area contributed by atoms with Crippen molar-refractivity contribution in [3.63, 3.8) is 0 Å². The first-order chi connectivity index (χ1) is 8.10. The van der Waals surface area contributed by atoms with Crippen LogP contribution in [0.2, 0.25) is 5.02 Å². The number of hydrogen-bond donors (Lipinski definition) is 0. The van der Waals surface area contributed by atoms with E-state index in [-0.39, 0.29) is 0 Å². The highest BCUT2D eigenvalue weighted by atomic mass is 35.5. The van der Waals surface area contributed by atoms with Crippen LogP contribution in [0.1, 0.15) is 20.3 Å². The van der Waals surface area contributed by atoms with Gasteiger partial charge < -0.3 is 9.64 Å². The maximum Gasteiger partial charge on any atom is 0.318 e. The second kappa shape index (κ2) is 5.08. The Morgan fingerprint density at radius 2 is 2.00 bits per heavy atom. The molecule has 0 radical (unpaired) electrons. The van der Waals surface area contributed by atoms with Crippen molar-refractivity contribution in [2.45, 2.75) is 20.3 Å². The van der Waals surface area contributed by atoms with Gasteiger partial charge >= 0.3 is 6.01 Å². The van der Waals surface area contributed by atoms with Gasteiger partial charge in [-0.2, -0.15) is 4.98 Å². The Balaban J connectivity index is 2.26. The van der Waals surface area contributed by atoms with Crippen molar-refractivity contribution in [2.75, 3.05) is 25.1 Å². The number of halogens is 1. The third kappa shape index (κ3) is 2.80. The maximum absolute atomic E-state index is 6.16. The molecule has 5 heteroatoms. The highest BCUT2D eigenvalue weighted by Gasteiger charge is 2.24. The molecule has 1 saturated heterocycles. The minimum absolute atomic E-state index is 0.371. The molecule has 1 aliphatic rings. The van der Waals surface area contributed by atoms with Crippen LogP contribution in [0.4, 0.5) is 5.82 Å². The first-order valence-corrected chi connectivity index (χ1v) is 6.29. The molecule has 2 rings (SSSR count). The lowest BCUT2D eigenvalue weighted by Gasteiger charge is -2.36. The summed E-state index contributed by atoms with van der Waals surface area (Å²) in [6, 6.07) is 0.371. The Bertz CT molecular complexity index is 389. The first kappa shape index (κ1) is 12.4. The highest BCUT2D eigenvalue weighted by molar-refractivity contribution is 6.32. The Morgan fingerprint density at radius 3 is 2.59 bits per heavy atom. The van der Waals surface area contributed by atoms with Gasteiger partial charge in [0.15, 0.2) is 5.82 Å². The number of anilines is 1. The van der Waals surface area contributed by atoms with Gasteiger partial charge in [0.25, 0.3) is 0 Å². The highest BCUT2D eigenvalue weighted by Crippen LogP contribution is 2.30. The van der Waals surface area contributed by atoms with E-state index < -0.39 is 0 Å². The zero-order valence-corrected chi connectivity index (χ0v) is 11.2. The molecule has 2 heterocycles. The second-order valence-corrected chi connectivity index (χ2v) is 5.29. The molecule has 0 aliphatic carbocycles. The van der Waals surface area contributed by atoms with Gasteiger partial charge in [-0.25, -0.2) is 4.98 Å². The number of piperidine rings is 1. The monoisotopic (exact) mass is 255 g/mol. The van der Waals surface area contributed by atoms with Crippen molar-refractivity contribution < 1.29 is 4.74 Å². The predicted molar refractivity (Wildman–Crippen MR) is 68.8 cm³/mol. The predicted octanol–water partition coefficient (Wildman–Crippen LogP) is 2.62. The summed E-state index contributed by atoms with van der Waals surface area (Å²) in [6.45, 7) is 6.50. The largest absolute Gasteiger partial charge is 0.467 e. The number of rotatable bonds is 2. The summed E-state index contributed by atoms with van der Waals surface area (Å²) in [7, 11) is 1.56. The Morgan fingerprint density at radius 1 is 1.35 bits per heavy atom. The molecule has 0 N–H and O–H groups in total. The molecule has 2 unspecified atom stereocenters.